The van der Waals surface area contributed by atoms with Crippen molar-refractivity contribution in [2.45, 2.75) is 62.9 Å². The maximum absolute atomic E-state index is 12.2. The maximum atomic E-state index is 12.2. The van der Waals surface area contributed by atoms with Gasteiger partial charge in [-0.1, -0.05) is 18.6 Å². The van der Waals surface area contributed by atoms with Gasteiger partial charge in [-0.05, 0) is 25.7 Å². The normalized spacial score (nSPS) is 34.2. The largest absolute Gasteiger partial charge is 0.490 e. The highest BCUT2D eigenvalue weighted by atomic mass is 16.8. The monoisotopic (exact) mass is 336 g/mol. The minimum Gasteiger partial charge on any atom is -0.490 e. The van der Waals surface area contributed by atoms with Gasteiger partial charge in [-0.15, -0.1) is 0 Å². The average Bonchev–Trinajstić information content (AvgIpc) is 3.14. The van der Waals surface area contributed by atoms with Crippen molar-refractivity contribution in [3.05, 3.63) is 23.7 Å². The average molecular weight is 336 g/mol. The van der Waals surface area contributed by atoms with Crippen LogP contribution in [0.15, 0.2) is 23.7 Å². The Kier molecular flexibility index (Phi) is 4.50. The zero-order valence-electron chi connectivity index (χ0n) is 13.8. The lowest BCUT2D eigenvalue weighted by Gasteiger charge is -2.32. The number of hydrogen-bond acceptors (Lipinski definition) is 6. The first-order chi connectivity index (χ1) is 11.8. The highest BCUT2D eigenvalue weighted by Gasteiger charge is 2.51. The van der Waals surface area contributed by atoms with E-state index in [0.29, 0.717) is 25.6 Å². The summed E-state index contributed by atoms with van der Waals surface area (Å²) in [4.78, 5) is 12.2. The van der Waals surface area contributed by atoms with Crippen LogP contribution in [0, 0.1) is 0 Å². The van der Waals surface area contributed by atoms with Gasteiger partial charge in [0.15, 0.2) is 17.7 Å². The van der Waals surface area contributed by atoms with Crippen molar-refractivity contribution < 1.29 is 28.5 Å². The van der Waals surface area contributed by atoms with Crippen molar-refractivity contribution >= 4 is 5.97 Å². The third-order valence-corrected chi connectivity index (χ3v) is 4.97. The molecule has 1 aliphatic carbocycles. The number of hydrogen-bond donors (Lipinski definition) is 0. The van der Waals surface area contributed by atoms with Crippen LogP contribution in [-0.2, 0) is 28.5 Å². The molecule has 0 unspecified atom stereocenters. The predicted octanol–water partition coefficient (Wildman–Crippen LogP) is 2.58. The molecular weight excluding hydrogens is 312 g/mol. The van der Waals surface area contributed by atoms with Gasteiger partial charge in [0.05, 0.1) is 19.8 Å². The molecule has 0 amide bonds. The minimum atomic E-state index is -0.572. The molecule has 4 aliphatic rings. The Bertz CT molecular complexity index is 546. The van der Waals surface area contributed by atoms with Crippen molar-refractivity contribution in [1.82, 2.24) is 0 Å². The van der Waals surface area contributed by atoms with E-state index in [0.717, 1.165) is 38.5 Å². The maximum Gasteiger partial charge on any atom is 0.378 e. The number of esters is 1. The fourth-order valence-electron chi connectivity index (χ4n) is 3.76. The van der Waals surface area contributed by atoms with E-state index in [4.69, 9.17) is 23.7 Å². The van der Waals surface area contributed by atoms with Gasteiger partial charge in [0, 0.05) is 12.8 Å². The molecule has 0 aromatic carbocycles. The molecule has 1 saturated carbocycles. The van der Waals surface area contributed by atoms with Crippen LogP contribution in [0.25, 0.3) is 0 Å². The van der Waals surface area contributed by atoms with Crippen LogP contribution < -0.4 is 0 Å². The molecule has 6 nitrogen and oxygen atoms in total. The zero-order valence-corrected chi connectivity index (χ0v) is 13.8. The topological polar surface area (TPSA) is 63.2 Å². The Hall–Kier alpha value is -1.53. The van der Waals surface area contributed by atoms with Crippen molar-refractivity contribution in [3.63, 3.8) is 0 Å². The Labute approximate surface area is 141 Å². The number of rotatable bonds is 1. The van der Waals surface area contributed by atoms with Gasteiger partial charge in [-0.3, -0.25) is 0 Å². The smallest absolute Gasteiger partial charge is 0.378 e. The molecule has 1 saturated heterocycles. The Balaban J connectivity index is 1.50. The van der Waals surface area contributed by atoms with Gasteiger partial charge in [0.25, 0.3) is 0 Å². The molecule has 4 rings (SSSR count). The Morgan fingerprint density at radius 2 is 1.75 bits per heavy atom. The standard InChI is InChI=1S/C18H24O6/c19-17-16-15(20-10-6-1-2-7-11-21-16)14(23-17)13-12-22-18(24-13)8-4-3-5-9-18/h1-2,13-14H,3-12H2/b2-1-/t13-,14+/m0/s1. The molecule has 3 aliphatic heterocycles. The van der Waals surface area contributed by atoms with E-state index < -0.39 is 17.9 Å². The van der Waals surface area contributed by atoms with Gasteiger partial charge in [-0.25, -0.2) is 4.79 Å². The van der Waals surface area contributed by atoms with Crippen LogP contribution in [0.1, 0.15) is 44.9 Å². The molecule has 3 heterocycles. The van der Waals surface area contributed by atoms with Crippen molar-refractivity contribution in [3.8, 4) is 0 Å². The van der Waals surface area contributed by atoms with E-state index in [9.17, 15) is 4.79 Å². The zero-order chi connectivity index (χ0) is 16.4. The van der Waals surface area contributed by atoms with E-state index in [1.54, 1.807) is 0 Å². The second kappa shape index (κ2) is 6.76. The van der Waals surface area contributed by atoms with Crippen LogP contribution in [0.3, 0.4) is 0 Å². The van der Waals surface area contributed by atoms with Gasteiger partial charge in [-0.2, -0.15) is 0 Å². The summed E-state index contributed by atoms with van der Waals surface area (Å²) in [6.07, 6.45) is 9.99. The van der Waals surface area contributed by atoms with Crippen molar-refractivity contribution in [2.75, 3.05) is 19.8 Å². The second-order valence-corrected chi connectivity index (χ2v) is 6.70. The van der Waals surface area contributed by atoms with Crippen molar-refractivity contribution in [1.29, 1.82) is 0 Å². The van der Waals surface area contributed by atoms with Crippen LogP contribution in [0.2, 0.25) is 0 Å². The summed E-state index contributed by atoms with van der Waals surface area (Å²) in [7, 11) is 0. The first-order valence-electron chi connectivity index (χ1n) is 8.95. The molecule has 132 valence electrons. The molecule has 6 heteroatoms. The molecule has 0 radical (unpaired) electrons. The number of carbonyl (C=O) groups excluding carboxylic acids is 1. The van der Waals surface area contributed by atoms with Gasteiger partial charge >= 0.3 is 5.97 Å². The third kappa shape index (κ3) is 3.05. The van der Waals surface area contributed by atoms with Gasteiger partial charge in [0.1, 0.15) is 6.10 Å². The van der Waals surface area contributed by atoms with Gasteiger partial charge in [0.2, 0.25) is 5.76 Å². The summed E-state index contributed by atoms with van der Waals surface area (Å²) in [6, 6.07) is 0. The Morgan fingerprint density at radius 1 is 1.00 bits per heavy atom. The molecule has 0 aromatic rings. The summed E-state index contributed by atoms with van der Waals surface area (Å²) >= 11 is 0. The fraction of sp³-hybridized carbons (Fsp3) is 0.722. The summed E-state index contributed by atoms with van der Waals surface area (Å²) in [5.41, 5.74) is 0. The molecule has 2 atom stereocenters. The SMILES string of the molecule is O=C1O[C@H]([C@@H]2COC3(CCCCC3)O2)C2=C1OCC/C=C\CCO2. The number of cyclic esters (lactones) is 1. The van der Waals surface area contributed by atoms with Crippen LogP contribution in [0.5, 0.6) is 0 Å². The van der Waals surface area contributed by atoms with Gasteiger partial charge < -0.3 is 23.7 Å². The highest BCUT2D eigenvalue weighted by molar-refractivity contribution is 5.89. The second-order valence-electron chi connectivity index (χ2n) is 6.70. The van der Waals surface area contributed by atoms with E-state index in [2.05, 4.69) is 6.08 Å². The van der Waals surface area contributed by atoms with Crippen LogP contribution >= 0.6 is 0 Å². The summed E-state index contributed by atoms with van der Waals surface area (Å²) in [5, 5.41) is 0. The molecule has 0 aromatic heterocycles. The summed E-state index contributed by atoms with van der Waals surface area (Å²) in [5.74, 6) is -0.300. The molecule has 24 heavy (non-hydrogen) atoms. The fourth-order valence-corrected chi connectivity index (χ4v) is 3.76. The number of ether oxygens (including phenoxy) is 5. The van der Waals surface area contributed by atoms with Crippen LogP contribution in [0.4, 0.5) is 0 Å². The quantitative estimate of drug-likeness (QED) is 0.542. The number of carbonyl (C=O) groups is 1. The molecule has 2 fully saturated rings. The first-order valence-corrected chi connectivity index (χ1v) is 8.95. The first kappa shape index (κ1) is 16.0. The highest BCUT2D eigenvalue weighted by Crippen LogP contribution is 2.41. The molecule has 0 N–H and O–H groups in total. The molecule has 1 spiro atoms. The lowest BCUT2D eigenvalue weighted by molar-refractivity contribution is -0.197. The molecular formula is C18H24O6. The third-order valence-electron chi connectivity index (χ3n) is 4.97. The van der Waals surface area contributed by atoms with Crippen molar-refractivity contribution in [2.24, 2.45) is 0 Å². The van der Waals surface area contributed by atoms with E-state index >= 15 is 0 Å². The van der Waals surface area contributed by atoms with Crippen LogP contribution in [-0.4, -0.2) is 43.8 Å². The summed E-state index contributed by atoms with van der Waals surface area (Å²) < 4.78 is 29.2. The lowest BCUT2D eigenvalue weighted by Crippen LogP contribution is -2.37. The van der Waals surface area contributed by atoms with E-state index in [1.807, 2.05) is 6.08 Å². The lowest BCUT2D eigenvalue weighted by atomic mass is 9.94. The summed E-state index contributed by atoms with van der Waals surface area (Å²) in [6.45, 7) is 1.34. The van der Waals surface area contributed by atoms with E-state index in [1.165, 1.54) is 6.42 Å². The predicted molar refractivity (Wildman–Crippen MR) is 83.8 cm³/mol. The molecule has 0 bridgehead atoms. The Morgan fingerprint density at radius 3 is 2.54 bits per heavy atom. The van der Waals surface area contributed by atoms with E-state index in [-0.39, 0.29) is 11.9 Å². The minimum absolute atomic E-state index is 0.198.